The van der Waals surface area contributed by atoms with Crippen molar-refractivity contribution in [3.8, 4) is 0 Å². The van der Waals surface area contributed by atoms with Gasteiger partial charge in [-0.3, -0.25) is 4.68 Å². The van der Waals surface area contributed by atoms with Crippen LogP contribution in [0.2, 0.25) is 0 Å². The first-order valence-corrected chi connectivity index (χ1v) is 11.1. The number of rotatable bonds is 4. The van der Waals surface area contributed by atoms with Crippen LogP contribution in [0.5, 0.6) is 0 Å². The van der Waals surface area contributed by atoms with Gasteiger partial charge in [-0.15, -0.1) is 0 Å². The molecule has 1 aliphatic rings. The summed E-state index contributed by atoms with van der Waals surface area (Å²) >= 11 is 0. The third-order valence-electron chi connectivity index (χ3n) is 5.45. The second kappa shape index (κ2) is 7.76. The van der Waals surface area contributed by atoms with E-state index in [4.69, 9.17) is 5.10 Å². The third-order valence-corrected chi connectivity index (χ3v) is 8.43. The van der Waals surface area contributed by atoms with Crippen LogP contribution < -0.4 is 10.6 Å². The van der Waals surface area contributed by atoms with Gasteiger partial charge in [0, 0.05) is 11.4 Å². The first-order valence-electron chi connectivity index (χ1n) is 9.66. The number of benzene rings is 2. The highest BCUT2D eigenvalue weighted by atomic mass is 31.1. The first-order chi connectivity index (χ1) is 12.7. The predicted octanol–water partition coefficient (Wildman–Crippen LogP) is 5.12. The van der Waals surface area contributed by atoms with Crippen LogP contribution in [0.1, 0.15) is 43.1 Å². The van der Waals surface area contributed by atoms with Gasteiger partial charge in [-0.05, 0) is 51.3 Å². The highest BCUT2D eigenvalue weighted by Crippen LogP contribution is 2.50. The summed E-state index contributed by atoms with van der Waals surface area (Å²) in [5, 5.41) is 7.87. The molecule has 2 aromatic carbocycles. The summed E-state index contributed by atoms with van der Waals surface area (Å²) in [6.07, 6.45) is 5.18. The van der Waals surface area contributed by atoms with Gasteiger partial charge in [0.25, 0.3) is 0 Å². The third kappa shape index (κ3) is 3.48. The molecule has 0 spiro atoms. The van der Waals surface area contributed by atoms with Gasteiger partial charge < -0.3 is 0 Å². The Labute approximate surface area is 158 Å². The minimum atomic E-state index is -0.396. The Kier molecular flexibility index (Phi) is 5.22. The minimum Gasteiger partial charge on any atom is -0.266 e. The predicted molar refractivity (Wildman–Crippen MR) is 112 cm³/mol. The van der Waals surface area contributed by atoms with Gasteiger partial charge in [0.1, 0.15) is 0 Å². The molecule has 134 valence electrons. The van der Waals surface area contributed by atoms with Gasteiger partial charge in [-0.25, -0.2) is 0 Å². The maximum absolute atomic E-state index is 4.88. The molecule has 2 nitrogen and oxygen atoms in total. The fourth-order valence-electron chi connectivity index (χ4n) is 4.37. The summed E-state index contributed by atoms with van der Waals surface area (Å²) in [6, 6.07) is 25.0. The quantitative estimate of drug-likeness (QED) is 0.589. The number of hydrogen-bond acceptors (Lipinski definition) is 1. The minimum absolute atomic E-state index is 0.396. The van der Waals surface area contributed by atoms with Crippen LogP contribution >= 0.6 is 7.92 Å². The van der Waals surface area contributed by atoms with E-state index in [1.807, 2.05) is 0 Å². The molecule has 1 saturated carbocycles. The average Bonchev–Trinajstić information content (AvgIpc) is 3.02. The van der Waals surface area contributed by atoms with Crippen LogP contribution in [0, 0.1) is 13.8 Å². The maximum atomic E-state index is 4.88. The Morgan fingerprint density at radius 3 is 1.96 bits per heavy atom. The maximum Gasteiger partial charge on any atom is 0.0596 e. The lowest BCUT2D eigenvalue weighted by molar-refractivity contribution is 0.332. The van der Waals surface area contributed by atoms with Crippen molar-refractivity contribution < 1.29 is 0 Å². The SMILES string of the molecule is Cc1cc(C)n([C@@H]2CCCC[C@H]2P(c2ccccc2)c2ccccc2)n1. The summed E-state index contributed by atoms with van der Waals surface area (Å²) in [7, 11) is -0.396. The van der Waals surface area contributed by atoms with Gasteiger partial charge in [0.05, 0.1) is 11.7 Å². The fourth-order valence-corrected chi connectivity index (χ4v) is 7.48. The Balaban J connectivity index is 1.79. The van der Waals surface area contributed by atoms with Crippen LogP contribution in [-0.4, -0.2) is 15.4 Å². The van der Waals surface area contributed by atoms with Gasteiger partial charge in [-0.2, -0.15) is 5.10 Å². The number of aromatic nitrogens is 2. The van der Waals surface area contributed by atoms with E-state index < -0.39 is 7.92 Å². The molecule has 0 N–H and O–H groups in total. The molecule has 0 bridgehead atoms. The van der Waals surface area contributed by atoms with Crippen molar-refractivity contribution in [2.75, 3.05) is 0 Å². The van der Waals surface area contributed by atoms with E-state index in [1.165, 1.54) is 42.0 Å². The van der Waals surface area contributed by atoms with Crippen LogP contribution in [0.15, 0.2) is 66.7 Å². The molecule has 1 heterocycles. The Morgan fingerprint density at radius 2 is 1.42 bits per heavy atom. The second-order valence-electron chi connectivity index (χ2n) is 7.33. The molecule has 0 saturated heterocycles. The van der Waals surface area contributed by atoms with E-state index in [9.17, 15) is 0 Å². The van der Waals surface area contributed by atoms with Crippen LogP contribution in [0.3, 0.4) is 0 Å². The molecule has 1 fully saturated rings. The van der Waals surface area contributed by atoms with E-state index >= 15 is 0 Å². The molecule has 0 unspecified atom stereocenters. The Bertz CT molecular complexity index is 802. The fraction of sp³-hybridized carbons (Fsp3) is 0.348. The van der Waals surface area contributed by atoms with E-state index in [2.05, 4.69) is 85.3 Å². The van der Waals surface area contributed by atoms with E-state index in [-0.39, 0.29) is 0 Å². The van der Waals surface area contributed by atoms with Gasteiger partial charge in [-0.1, -0.05) is 73.5 Å². The molecule has 3 heteroatoms. The monoisotopic (exact) mass is 362 g/mol. The zero-order chi connectivity index (χ0) is 17.9. The van der Waals surface area contributed by atoms with Crippen molar-refractivity contribution in [3.63, 3.8) is 0 Å². The molecule has 0 amide bonds. The van der Waals surface area contributed by atoms with Gasteiger partial charge in [0.2, 0.25) is 0 Å². The number of hydrogen-bond donors (Lipinski definition) is 0. The topological polar surface area (TPSA) is 17.8 Å². The smallest absolute Gasteiger partial charge is 0.0596 e. The van der Waals surface area contributed by atoms with Crippen molar-refractivity contribution in [1.29, 1.82) is 0 Å². The largest absolute Gasteiger partial charge is 0.266 e. The van der Waals surface area contributed by atoms with Crippen molar-refractivity contribution >= 4 is 18.5 Å². The molecule has 1 aliphatic carbocycles. The Morgan fingerprint density at radius 1 is 0.846 bits per heavy atom. The zero-order valence-corrected chi connectivity index (χ0v) is 16.6. The molecule has 0 aliphatic heterocycles. The lowest BCUT2D eigenvalue weighted by Crippen LogP contribution is -2.33. The summed E-state index contributed by atoms with van der Waals surface area (Å²) in [4.78, 5) is 0. The van der Waals surface area contributed by atoms with Gasteiger partial charge >= 0.3 is 0 Å². The first kappa shape index (κ1) is 17.5. The lowest BCUT2D eigenvalue weighted by Gasteiger charge is -2.38. The molecule has 3 aromatic rings. The zero-order valence-electron chi connectivity index (χ0n) is 15.7. The summed E-state index contributed by atoms with van der Waals surface area (Å²) in [6.45, 7) is 4.32. The number of aryl methyl sites for hydroxylation is 2. The summed E-state index contributed by atoms with van der Waals surface area (Å²) in [5.41, 5.74) is 3.08. The molecule has 4 rings (SSSR count). The van der Waals surface area contributed by atoms with Crippen molar-refractivity contribution in [2.45, 2.75) is 51.2 Å². The summed E-state index contributed by atoms with van der Waals surface area (Å²) in [5.74, 6) is 0. The van der Waals surface area contributed by atoms with Crippen LogP contribution in [0.25, 0.3) is 0 Å². The van der Waals surface area contributed by atoms with E-state index in [1.54, 1.807) is 0 Å². The molecular formula is C23H27N2P. The van der Waals surface area contributed by atoms with E-state index in [0.717, 1.165) is 5.69 Å². The van der Waals surface area contributed by atoms with Crippen LogP contribution in [-0.2, 0) is 0 Å². The van der Waals surface area contributed by atoms with Gasteiger partial charge in [0.15, 0.2) is 0 Å². The standard InChI is InChI=1S/C23H27N2P/c1-18-17-19(2)25(24-18)22-15-9-10-16-23(22)26(20-11-5-3-6-12-20)21-13-7-4-8-14-21/h3-8,11-14,17,22-23H,9-10,15-16H2,1-2H3/t22-,23-/m1/s1. The van der Waals surface area contributed by atoms with E-state index in [0.29, 0.717) is 11.7 Å². The van der Waals surface area contributed by atoms with Crippen molar-refractivity contribution in [3.05, 3.63) is 78.1 Å². The molecule has 26 heavy (non-hydrogen) atoms. The van der Waals surface area contributed by atoms with Crippen molar-refractivity contribution in [2.24, 2.45) is 0 Å². The highest BCUT2D eigenvalue weighted by Gasteiger charge is 2.35. The molecule has 2 atom stereocenters. The normalized spacial score (nSPS) is 20.4. The molecule has 0 radical (unpaired) electrons. The molecule has 1 aromatic heterocycles. The number of nitrogens with zero attached hydrogens (tertiary/aromatic N) is 2. The second-order valence-corrected chi connectivity index (χ2v) is 9.77. The molecular weight excluding hydrogens is 335 g/mol. The van der Waals surface area contributed by atoms with Crippen LogP contribution in [0.4, 0.5) is 0 Å². The Hall–Kier alpha value is -1.92. The summed E-state index contributed by atoms with van der Waals surface area (Å²) < 4.78 is 2.33. The lowest BCUT2D eigenvalue weighted by atomic mass is 9.95. The van der Waals surface area contributed by atoms with Crippen molar-refractivity contribution in [1.82, 2.24) is 9.78 Å². The highest BCUT2D eigenvalue weighted by molar-refractivity contribution is 7.73. The average molecular weight is 362 g/mol.